The molecular formula is C21H24N2O4. The van der Waals surface area contributed by atoms with Gasteiger partial charge in [0.05, 0.1) is 6.07 Å². The van der Waals surface area contributed by atoms with E-state index in [1.807, 2.05) is 6.07 Å². The molecule has 2 aromatic rings. The Kier molecular flexibility index (Phi) is 5.80. The van der Waals surface area contributed by atoms with Gasteiger partial charge in [-0.2, -0.15) is 5.26 Å². The number of hydrogen-bond acceptors (Lipinski definition) is 5. The number of nitriles is 1. The molecule has 6 nitrogen and oxygen atoms in total. The van der Waals surface area contributed by atoms with Crippen molar-refractivity contribution >= 4 is 16.9 Å². The van der Waals surface area contributed by atoms with Gasteiger partial charge in [-0.3, -0.25) is 4.79 Å². The zero-order chi connectivity index (χ0) is 19.3. The molecule has 1 aliphatic carbocycles. The Morgan fingerprint density at radius 1 is 1.30 bits per heavy atom. The van der Waals surface area contributed by atoms with E-state index in [0.29, 0.717) is 24.2 Å². The second-order valence-electron chi connectivity index (χ2n) is 7.09. The molecule has 0 saturated heterocycles. The maximum absolute atomic E-state index is 12.2. The molecule has 0 spiro atoms. The third-order valence-electron chi connectivity index (χ3n) is 4.99. The minimum atomic E-state index is -0.774. The smallest absolute Gasteiger partial charge is 0.336 e. The van der Waals surface area contributed by atoms with E-state index >= 15 is 0 Å². The van der Waals surface area contributed by atoms with Crippen LogP contribution in [-0.4, -0.2) is 18.1 Å². The first kappa shape index (κ1) is 19.0. The van der Waals surface area contributed by atoms with Gasteiger partial charge in [0.2, 0.25) is 0 Å². The van der Waals surface area contributed by atoms with Crippen molar-refractivity contribution in [1.29, 1.82) is 5.26 Å². The SMILES string of the molecule is CCCc1cc(=O)oc2cc(OCC(=O)NC3(C#N)CCCCC3)ccc12. The van der Waals surface area contributed by atoms with E-state index in [1.54, 1.807) is 12.1 Å². The minimum absolute atomic E-state index is 0.187. The summed E-state index contributed by atoms with van der Waals surface area (Å²) in [6.45, 7) is 1.87. The molecular weight excluding hydrogens is 344 g/mol. The van der Waals surface area contributed by atoms with Gasteiger partial charge in [0.1, 0.15) is 16.9 Å². The molecule has 1 aromatic carbocycles. The highest BCUT2D eigenvalue weighted by molar-refractivity contribution is 5.82. The maximum atomic E-state index is 12.2. The Balaban J connectivity index is 1.69. The largest absolute Gasteiger partial charge is 0.484 e. The number of carbonyl (C=O) groups excluding carboxylic acids is 1. The minimum Gasteiger partial charge on any atom is -0.484 e. The quantitative estimate of drug-likeness (QED) is 0.788. The highest BCUT2D eigenvalue weighted by Crippen LogP contribution is 2.27. The summed E-state index contributed by atoms with van der Waals surface area (Å²) in [5.41, 5.74) is 0.226. The molecule has 1 saturated carbocycles. The van der Waals surface area contributed by atoms with Crippen molar-refractivity contribution in [3.8, 4) is 11.8 Å². The first-order valence-corrected chi connectivity index (χ1v) is 9.47. The van der Waals surface area contributed by atoms with Crippen molar-refractivity contribution in [2.45, 2.75) is 57.4 Å². The van der Waals surface area contributed by atoms with Gasteiger partial charge in [-0.05, 0) is 37.0 Å². The summed E-state index contributed by atoms with van der Waals surface area (Å²) in [6.07, 6.45) is 6.06. The maximum Gasteiger partial charge on any atom is 0.336 e. The van der Waals surface area contributed by atoms with Crippen LogP contribution in [-0.2, 0) is 11.2 Å². The van der Waals surface area contributed by atoms with Crippen LogP contribution >= 0.6 is 0 Å². The summed E-state index contributed by atoms with van der Waals surface area (Å²) in [5, 5.41) is 13.1. The van der Waals surface area contributed by atoms with Crippen molar-refractivity contribution in [1.82, 2.24) is 5.32 Å². The van der Waals surface area contributed by atoms with Gasteiger partial charge in [-0.1, -0.05) is 32.6 Å². The topological polar surface area (TPSA) is 92.3 Å². The second kappa shape index (κ2) is 8.26. The number of nitrogens with one attached hydrogen (secondary N) is 1. The Bertz CT molecular complexity index is 920. The fourth-order valence-corrected chi connectivity index (χ4v) is 3.65. The molecule has 0 unspecified atom stereocenters. The Labute approximate surface area is 158 Å². The summed E-state index contributed by atoms with van der Waals surface area (Å²) in [5.74, 6) is 0.129. The zero-order valence-electron chi connectivity index (χ0n) is 15.5. The molecule has 1 aliphatic rings. The summed E-state index contributed by atoms with van der Waals surface area (Å²) in [7, 11) is 0. The standard InChI is InChI=1S/C21H24N2O4/c1-2-6-15-11-20(25)27-18-12-16(7-8-17(15)18)26-13-19(24)23-21(14-22)9-4-3-5-10-21/h7-8,11-12H,2-6,9-10,13H2,1H3,(H,23,24). The summed E-state index contributed by atoms with van der Waals surface area (Å²) in [6, 6.07) is 9.01. The Morgan fingerprint density at radius 2 is 2.07 bits per heavy atom. The number of amides is 1. The lowest BCUT2D eigenvalue weighted by Gasteiger charge is -2.31. The van der Waals surface area contributed by atoms with Crippen molar-refractivity contribution in [2.24, 2.45) is 0 Å². The predicted molar refractivity (Wildman–Crippen MR) is 102 cm³/mol. The van der Waals surface area contributed by atoms with Crippen LogP contribution in [0.25, 0.3) is 11.0 Å². The van der Waals surface area contributed by atoms with E-state index in [9.17, 15) is 14.9 Å². The molecule has 0 aliphatic heterocycles. The fraction of sp³-hybridized carbons (Fsp3) is 0.476. The number of hydrogen-bond donors (Lipinski definition) is 1. The van der Waals surface area contributed by atoms with E-state index in [-0.39, 0.29) is 12.5 Å². The molecule has 1 aromatic heterocycles. The van der Waals surface area contributed by atoms with Crippen molar-refractivity contribution in [2.75, 3.05) is 6.61 Å². The number of ether oxygens (including phenoxy) is 1. The third kappa shape index (κ3) is 4.48. The number of rotatable bonds is 6. The van der Waals surface area contributed by atoms with Crippen LogP contribution in [0.3, 0.4) is 0 Å². The lowest BCUT2D eigenvalue weighted by atomic mass is 9.83. The lowest BCUT2D eigenvalue weighted by Crippen LogP contribution is -2.50. The van der Waals surface area contributed by atoms with E-state index in [0.717, 1.165) is 43.1 Å². The molecule has 1 heterocycles. The number of benzene rings is 1. The average Bonchev–Trinajstić information content (AvgIpc) is 2.67. The van der Waals surface area contributed by atoms with E-state index in [4.69, 9.17) is 9.15 Å². The number of aryl methyl sites for hydroxylation is 1. The molecule has 0 atom stereocenters. The predicted octanol–water partition coefficient (Wildman–Crippen LogP) is 3.47. The molecule has 1 fully saturated rings. The van der Waals surface area contributed by atoms with Crippen LogP contribution < -0.4 is 15.7 Å². The molecule has 0 radical (unpaired) electrons. The molecule has 6 heteroatoms. The van der Waals surface area contributed by atoms with Gasteiger partial charge in [0.15, 0.2) is 6.61 Å². The van der Waals surface area contributed by atoms with E-state index in [2.05, 4.69) is 18.3 Å². The van der Waals surface area contributed by atoms with Crippen molar-refractivity contribution in [3.63, 3.8) is 0 Å². The van der Waals surface area contributed by atoms with Crippen molar-refractivity contribution < 1.29 is 13.9 Å². The first-order valence-electron chi connectivity index (χ1n) is 9.47. The van der Waals surface area contributed by atoms with E-state index < -0.39 is 11.2 Å². The molecule has 3 rings (SSSR count). The van der Waals surface area contributed by atoms with Gasteiger partial charge in [0.25, 0.3) is 5.91 Å². The zero-order valence-corrected chi connectivity index (χ0v) is 15.5. The van der Waals surface area contributed by atoms with Gasteiger partial charge < -0.3 is 14.5 Å². The number of nitrogens with zero attached hydrogens (tertiary/aromatic N) is 1. The molecule has 142 valence electrons. The van der Waals surface area contributed by atoms with E-state index in [1.165, 1.54) is 6.07 Å². The number of carbonyl (C=O) groups is 1. The van der Waals surface area contributed by atoms with Gasteiger partial charge >= 0.3 is 5.63 Å². The molecule has 1 amide bonds. The number of fused-ring (bicyclic) bond motifs is 1. The molecule has 27 heavy (non-hydrogen) atoms. The lowest BCUT2D eigenvalue weighted by molar-refractivity contribution is -0.124. The van der Waals surface area contributed by atoms with Crippen LogP contribution in [0.4, 0.5) is 0 Å². The van der Waals surface area contributed by atoms with Crippen molar-refractivity contribution in [3.05, 3.63) is 40.2 Å². The Hall–Kier alpha value is -2.81. The highest BCUT2D eigenvalue weighted by Gasteiger charge is 2.33. The van der Waals surface area contributed by atoms with Crippen LogP contribution in [0.15, 0.2) is 33.5 Å². The fourth-order valence-electron chi connectivity index (χ4n) is 3.65. The Morgan fingerprint density at radius 3 is 2.78 bits per heavy atom. The molecule has 1 N–H and O–H groups in total. The summed E-state index contributed by atoms with van der Waals surface area (Å²) >= 11 is 0. The van der Waals surface area contributed by atoms with Crippen LogP contribution in [0, 0.1) is 11.3 Å². The van der Waals surface area contributed by atoms with Crippen LogP contribution in [0.2, 0.25) is 0 Å². The summed E-state index contributed by atoms with van der Waals surface area (Å²) < 4.78 is 10.8. The highest BCUT2D eigenvalue weighted by atomic mass is 16.5. The monoisotopic (exact) mass is 368 g/mol. The third-order valence-corrected chi connectivity index (χ3v) is 4.99. The van der Waals surface area contributed by atoms with Gasteiger partial charge in [0, 0.05) is 17.5 Å². The molecule has 0 bridgehead atoms. The second-order valence-corrected chi connectivity index (χ2v) is 7.09. The van der Waals surface area contributed by atoms with Gasteiger partial charge in [-0.15, -0.1) is 0 Å². The normalized spacial score (nSPS) is 15.9. The van der Waals surface area contributed by atoms with Crippen LogP contribution in [0.5, 0.6) is 5.75 Å². The van der Waals surface area contributed by atoms with Crippen LogP contribution in [0.1, 0.15) is 51.0 Å². The van der Waals surface area contributed by atoms with Gasteiger partial charge in [-0.25, -0.2) is 4.79 Å². The average molecular weight is 368 g/mol. The summed E-state index contributed by atoms with van der Waals surface area (Å²) in [4.78, 5) is 24.0. The first-order chi connectivity index (χ1) is 13.0.